The number of aromatic nitrogens is 2. The number of carbonyl (C=O) groups is 1. The summed E-state index contributed by atoms with van der Waals surface area (Å²) in [5.74, 6) is -1.57. The van der Waals surface area contributed by atoms with Gasteiger partial charge in [-0.1, -0.05) is 28.1 Å². The number of ether oxygens (including phenoxy) is 1. The van der Waals surface area contributed by atoms with E-state index in [1.165, 1.54) is 24.3 Å². The van der Waals surface area contributed by atoms with Crippen molar-refractivity contribution in [3.63, 3.8) is 0 Å². The molecule has 1 aromatic heterocycles. The van der Waals surface area contributed by atoms with E-state index in [-0.39, 0.29) is 17.0 Å². The second-order valence-electron chi connectivity index (χ2n) is 5.64. The Balaban J connectivity index is 1.71. The molecule has 0 aliphatic heterocycles. The van der Waals surface area contributed by atoms with Gasteiger partial charge < -0.3 is 14.8 Å². The number of carbonyl (C=O) groups excluding carboxylic acids is 1. The zero-order chi connectivity index (χ0) is 20.1. The van der Waals surface area contributed by atoms with Crippen LogP contribution in [0.25, 0.3) is 22.7 Å². The number of halogens is 2. The van der Waals surface area contributed by atoms with Crippen LogP contribution in [0.3, 0.4) is 0 Å². The number of imidazole rings is 1. The van der Waals surface area contributed by atoms with Gasteiger partial charge in [-0.3, -0.25) is 0 Å². The SMILES string of the molecule is N#C/C(=C(/O)COC(=O)/C=C/c1cc(Br)ccc1F)c1nc2ccccc2[nH]1. The van der Waals surface area contributed by atoms with Crippen LogP contribution in [0.2, 0.25) is 0 Å². The maximum atomic E-state index is 13.6. The predicted molar refractivity (Wildman–Crippen MR) is 105 cm³/mol. The fourth-order valence-corrected chi connectivity index (χ4v) is 2.76. The smallest absolute Gasteiger partial charge is 0.331 e. The Hall–Kier alpha value is -3.44. The number of hydrogen-bond acceptors (Lipinski definition) is 5. The highest BCUT2D eigenvalue weighted by Gasteiger charge is 2.14. The maximum absolute atomic E-state index is 13.6. The van der Waals surface area contributed by atoms with Gasteiger partial charge in [0.15, 0.2) is 11.6 Å². The highest BCUT2D eigenvalue weighted by Crippen LogP contribution is 2.19. The summed E-state index contributed by atoms with van der Waals surface area (Å²) < 4.78 is 19.2. The van der Waals surface area contributed by atoms with Crippen molar-refractivity contribution in [1.29, 1.82) is 5.26 Å². The summed E-state index contributed by atoms with van der Waals surface area (Å²) in [5, 5.41) is 19.5. The molecule has 0 radical (unpaired) electrons. The van der Waals surface area contributed by atoms with E-state index in [9.17, 15) is 19.6 Å². The van der Waals surface area contributed by atoms with Crippen molar-refractivity contribution in [1.82, 2.24) is 9.97 Å². The van der Waals surface area contributed by atoms with Gasteiger partial charge in [-0.25, -0.2) is 14.2 Å². The van der Waals surface area contributed by atoms with Crippen molar-refractivity contribution in [2.45, 2.75) is 0 Å². The summed E-state index contributed by atoms with van der Waals surface area (Å²) in [7, 11) is 0. The first-order valence-electron chi connectivity index (χ1n) is 8.05. The summed E-state index contributed by atoms with van der Waals surface area (Å²) in [6.07, 6.45) is 2.29. The first-order chi connectivity index (χ1) is 13.5. The maximum Gasteiger partial charge on any atom is 0.331 e. The van der Waals surface area contributed by atoms with Gasteiger partial charge >= 0.3 is 5.97 Å². The average Bonchev–Trinajstić information content (AvgIpc) is 3.11. The minimum atomic E-state index is -0.798. The highest BCUT2D eigenvalue weighted by atomic mass is 79.9. The van der Waals surface area contributed by atoms with E-state index in [1.54, 1.807) is 18.2 Å². The normalized spacial score (nSPS) is 12.0. The number of fused-ring (bicyclic) bond motifs is 1. The summed E-state index contributed by atoms with van der Waals surface area (Å²) in [4.78, 5) is 19.0. The van der Waals surface area contributed by atoms with Gasteiger partial charge in [0.25, 0.3) is 0 Å². The molecule has 0 saturated heterocycles. The molecule has 0 aliphatic rings. The summed E-state index contributed by atoms with van der Waals surface area (Å²) in [5.41, 5.74) is 1.40. The second kappa shape index (κ2) is 8.50. The molecule has 3 aromatic rings. The Morgan fingerprint density at radius 3 is 2.89 bits per heavy atom. The van der Waals surface area contributed by atoms with E-state index in [1.807, 2.05) is 12.1 Å². The first kappa shape index (κ1) is 19.3. The highest BCUT2D eigenvalue weighted by molar-refractivity contribution is 9.10. The van der Waals surface area contributed by atoms with Crippen LogP contribution in [0.1, 0.15) is 11.4 Å². The Kier molecular flexibility index (Phi) is 5.87. The largest absolute Gasteiger partial charge is 0.507 e. The number of esters is 1. The van der Waals surface area contributed by atoms with Crippen LogP contribution in [0.15, 0.2) is 58.8 Å². The molecule has 28 heavy (non-hydrogen) atoms. The van der Waals surface area contributed by atoms with Crippen LogP contribution in [0, 0.1) is 17.1 Å². The Bertz CT molecular complexity index is 1110. The minimum absolute atomic E-state index is 0.133. The number of aliphatic hydroxyl groups is 1. The van der Waals surface area contributed by atoms with Gasteiger partial charge in [0.05, 0.1) is 11.0 Å². The number of nitriles is 1. The molecule has 2 aromatic carbocycles. The molecule has 0 saturated carbocycles. The number of rotatable bonds is 5. The monoisotopic (exact) mass is 441 g/mol. The van der Waals surface area contributed by atoms with Gasteiger partial charge in [-0.05, 0) is 36.4 Å². The van der Waals surface area contributed by atoms with Crippen molar-refractivity contribution < 1.29 is 19.0 Å². The fraction of sp³-hybridized carbons (Fsp3) is 0.0500. The number of nitrogens with zero attached hydrogens (tertiary/aromatic N) is 2. The number of hydrogen-bond donors (Lipinski definition) is 2. The molecule has 8 heteroatoms. The lowest BCUT2D eigenvalue weighted by atomic mass is 10.2. The second-order valence-corrected chi connectivity index (χ2v) is 6.56. The van der Waals surface area contributed by atoms with Crippen LogP contribution in [0.5, 0.6) is 0 Å². The standard InChI is InChI=1S/C20H13BrFN3O3/c21-13-6-7-15(22)12(9-13)5-8-19(27)28-11-18(26)14(10-23)20-24-16-3-1-2-4-17(16)25-20/h1-9,26H,11H2,(H,24,25)/b8-5+,18-14-. The molecule has 6 nitrogen and oxygen atoms in total. The number of H-pyrrole nitrogens is 1. The Morgan fingerprint density at radius 1 is 1.36 bits per heavy atom. The molecule has 0 bridgehead atoms. The summed E-state index contributed by atoms with van der Waals surface area (Å²) in [6, 6.07) is 13.3. The number of aliphatic hydroxyl groups excluding tert-OH is 1. The van der Waals surface area contributed by atoms with Crippen molar-refractivity contribution in [3.05, 3.63) is 76.0 Å². The molecule has 0 aliphatic carbocycles. The van der Waals surface area contributed by atoms with E-state index < -0.39 is 24.2 Å². The predicted octanol–water partition coefficient (Wildman–Crippen LogP) is 4.51. The third kappa shape index (κ3) is 4.45. The molecule has 1 heterocycles. The third-order valence-electron chi connectivity index (χ3n) is 3.73. The van der Waals surface area contributed by atoms with Crippen LogP contribution >= 0.6 is 15.9 Å². The van der Waals surface area contributed by atoms with Gasteiger partial charge in [0.2, 0.25) is 0 Å². The van der Waals surface area contributed by atoms with Gasteiger partial charge in [0.1, 0.15) is 24.1 Å². The number of allylic oxidation sites excluding steroid dienone is 1. The number of nitrogens with one attached hydrogen (secondary N) is 1. The zero-order valence-corrected chi connectivity index (χ0v) is 15.9. The molecule has 0 fully saturated rings. The molecule has 140 valence electrons. The molecule has 0 amide bonds. The summed E-state index contributed by atoms with van der Waals surface area (Å²) >= 11 is 3.22. The molecule has 0 spiro atoms. The molecule has 3 rings (SSSR count). The van der Waals surface area contributed by atoms with Crippen LogP contribution in [-0.4, -0.2) is 27.7 Å². The summed E-state index contributed by atoms with van der Waals surface area (Å²) in [6.45, 7) is -0.524. The molecule has 0 unspecified atom stereocenters. The average molecular weight is 442 g/mol. The van der Waals surface area contributed by atoms with E-state index in [4.69, 9.17) is 4.74 Å². The van der Waals surface area contributed by atoms with Crippen molar-refractivity contribution in [2.24, 2.45) is 0 Å². The quantitative estimate of drug-likeness (QED) is 0.262. The van der Waals surface area contributed by atoms with Crippen molar-refractivity contribution in [3.8, 4) is 6.07 Å². The fourth-order valence-electron chi connectivity index (χ4n) is 2.39. The van der Waals surface area contributed by atoms with Crippen molar-refractivity contribution >= 4 is 44.6 Å². The minimum Gasteiger partial charge on any atom is -0.507 e. The molecular weight excluding hydrogens is 429 g/mol. The zero-order valence-electron chi connectivity index (χ0n) is 14.3. The lowest BCUT2D eigenvalue weighted by molar-refractivity contribution is -0.137. The van der Waals surface area contributed by atoms with Gasteiger partial charge in [-0.15, -0.1) is 0 Å². The van der Waals surface area contributed by atoms with E-state index >= 15 is 0 Å². The lowest BCUT2D eigenvalue weighted by Gasteiger charge is -2.03. The topological polar surface area (TPSA) is 99.0 Å². The first-order valence-corrected chi connectivity index (χ1v) is 8.84. The van der Waals surface area contributed by atoms with Gasteiger partial charge in [0, 0.05) is 16.1 Å². The molecule has 2 N–H and O–H groups in total. The van der Waals surface area contributed by atoms with E-state index in [0.717, 1.165) is 6.08 Å². The van der Waals surface area contributed by atoms with E-state index in [2.05, 4.69) is 25.9 Å². The van der Waals surface area contributed by atoms with Crippen LogP contribution in [0.4, 0.5) is 4.39 Å². The van der Waals surface area contributed by atoms with Crippen LogP contribution in [-0.2, 0) is 9.53 Å². The Morgan fingerprint density at radius 2 is 2.14 bits per heavy atom. The van der Waals surface area contributed by atoms with Gasteiger partial charge in [-0.2, -0.15) is 5.26 Å². The van der Waals surface area contributed by atoms with Crippen molar-refractivity contribution in [2.75, 3.05) is 6.61 Å². The van der Waals surface area contributed by atoms with E-state index in [0.29, 0.717) is 15.5 Å². The molecular formula is C20H13BrFN3O3. The number of benzene rings is 2. The number of para-hydroxylation sites is 2. The lowest BCUT2D eigenvalue weighted by Crippen LogP contribution is -2.06. The number of aromatic amines is 1. The third-order valence-corrected chi connectivity index (χ3v) is 4.23. The Labute approximate surface area is 167 Å². The molecule has 0 atom stereocenters. The van der Waals surface area contributed by atoms with Crippen LogP contribution < -0.4 is 0 Å².